The van der Waals surface area contributed by atoms with E-state index in [0.29, 0.717) is 0 Å². The number of nitrogens with one attached hydrogen (secondary N) is 1. The minimum atomic E-state index is -1.32. The summed E-state index contributed by atoms with van der Waals surface area (Å²) in [5.74, 6) is 0. The van der Waals surface area contributed by atoms with E-state index in [-0.39, 0.29) is 18.9 Å². The van der Waals surface area contributed by atoms with Crippen LogP contribution in [0.5, 0.6) is 0 Å². The molecule has 0 aromatic heterocycles. The Morgan fingerprint density at radius 2 is 1.67 bits per heavy atom. The second-order valence-electron chi connectivity index (χ2n) is 2.31. The molecule has 1 aliphatic carbocycles. The molecule has 1 saturated carbocycles. The molecule has 0 spiro atoms. The molecule has 1 fully saturated rings. The van der Waals surface area contributed by atoms with E-state index in [2.05, 4.69) is 4.84 Å². The molecule has 0 saturated heterocycles. The first-order chi connectivity index (χ1) is 4.24. The zero-order valence-electron chi connectivity index (χ0n) is 4.78. The fourth-order valence-electron chi connectivity index (χ4n) is 1.02. The fraction of sp³-hybridized carbons (Fsp3) is 1.00. The fourth-order valence-corrected chi connectivity index (χ4v) is 1.20. The minimum absolute atomic E-state index is 0.184. The predicted octanol–water partition coefficient (Wildman–Crippen LogP) is 1.57. The van der Waals surface area contributed by atoms with Crippen LogP contribution in [0.1, 0.15) is 12.8 Å². The summed E-state index contributed by atoms with van der Waals surface area (Å²) in [7, 11) is 0. The van der Waals surface area contributed by atoms with E-state index >= 15 is 0 Å². The Morgan fingerprint density at radius 3 is 1.89 bits per heavy atom. The van der Waals surface area contributed by atoms with Gasteiger partial charge in [0.15, 0.2) is 0 Å². The van der Waals surface area contributed by atoms with Crippen LogP contribution in [0.15, 0.2) is 0 Å². The number of hydrogen-bond acceptors (Lipinski definition) is 1. The Kier molecular flexibility index (Phi) is 2.24. The summed E-state index contributed by atoms with van der Waals surface area (Å²) in [5.41, 5.74) is 0. The van der Waals surface area contributed by atoms with E-state index in [1.54, 1.807) is 0 Å². The quantitative estimate of drug-likeness (QED) is 0.567. The molecule has 0 amide bonds. The van der Waals surface area contributed by atoms with Crippen LogP contribution in [0.4, 0.5) is 8.78 Å². The number of rotatable bonds is 1. The monoisotopic (exact) mass is 155 g/mol. The van der Waals surface area contributed by atoms with Crippen LogP contribution in [0.3, 0.4) is 0 Å². The lowest BCUT2D eigenvalue weighted by atomic mass is 10.3. The highest BCUT2D eigenvalue weighted by atomic mass is 35.5. The van der Waals surface area contributed by atoms with E-state index in [9.17, 15) is 8.78 Å². The largest absolute Gasteiger partial charge is 0.244 e. The zero-order chi connectivity index (χ0) is 6.85. The molecule has 1 N–H and O–H groups in total. The van der Waals surface area contributed by atoms with Crippen molar-refractivity contribution in [1.82, 2.24) is 4.84 Å². The average molecular weight is 156 g/mol. The van der Waals surface area contributed by atoms with Gasteiger partial charge < -0.3 is 0 Å². The number of halogens is 3. The third-order valence-electron chi connectivity index (χ3n) is 1.57. The summed E-state index contributed by atoms with van der Waals surface area (Å²) in [6, 6.07) is -0.184. The smallest absolute Gasteiger partial charge is 0.133 e. The van der Waals surface area contributed by atoms with Crippen molar-refractivity contribution >= 4 is 11.8 Å². The Balaban J connectivity index is 2.35. The standard InChI is InChI=1S/C5H8ClF2N/c6-9-3-1-4(7)5(8)2-3/h3-5,9H,1-2H2/t3?,4-,5+. The summed E-state index contributed by atoms with van der Waals surface area (Å²) in [6.07, 6.45) is -2.24. The predicted molar refractivity (Wildman–Crippen MR) is 31.8 cm³/mol. The number of alkyl halides is 2. The maximum Gasteiger partial charge on any atom is 0.133 e. The lowest BCUT2D eigenvalue weighted by Gasteiger charge is -2.00. The van der Waals surface area contributed by atoms with E-state index < -0.39 is 12.3 Å². The van der Waals surface area contributed by atoms with Crippen LogP contribution in [0.2, 0.25) is 0 Å². The Labute approximate surface area is 57.5 Å². The van der Waals surface area contributed by atoms with Crippen molar-refractivity contribution in [1.29, 1.82) is 0 Å². The molecule has 54 valence electrons. The minimum Gasteiger partial charge on any atom is -0.244 e. The SMILES string of the molecule is F[C@@H]1CC(NCl)C[C@@H]1F. The van der Waals surface area contributed by atoms with Gasteiger partial charge in [0.05, 0.1) is 0 Å². The molecule has 0 bridgehead atoms. The highest BCUT2D eigenvalue weighted by Crippen LogP contribution is 2.25. The first-order valence-corrected chi connectivity index (χ1v) is 3.26. The molecular formula is C5H8ClF2N. The molecule has 0 aromatic carbocycles. The molecule has 9 heavy (non-hydrogen) atoms. The van der Waals surface area contributed by atoms with E-state index in [1.807, 2.05) is 0 Å². The van der Waals surface area contributed by atoms with Gasteiger partial charge in [0.2, 0.25) is 0 Å². The molecule has 1 aliphatic rings. The molecule has 1 unspecified atom stereocenters. The lowest BCUT2D eigenvalue weighted by Crippen LogP contribution is -2.16. The molecule has 0 aliphatic heterocycles. The maximum atomic E-state index is 12.3. The van der Waals surface area contributed by atoms with E-state index in [1.165, 1.54) is 0 Å². The van der Waals surface area contributed by atoms with Gasteiger partial charge >= 0.3 is 0 Å². The van der Waals surface area contributed by atoms with Crippen molar-refractivity contribution in [3.8, 4) is 0 Å². The molecule has 0 radical (unpaired) electrons. The van der Waals surface area contributed by atoms with Gasteiger partial charge in [-0.25, -0.2) is 13.6 Å². The van der Waals surface area contributed by atoms with Gasteiger partial charge in [-0.2, -0.15) is 0 Å². The van der Waals surface area contributed by atoms with E-state index in [0.717, 1.165) is 0 Å². The first-order valence-electron chi connectivity index (χ1n) is 2.88. The summed E-state index contributed by atoms with van der Waals surface area (Å²) in [5, 5.41) is 0. The molecule has 3 atom stereocenters. The van der Waals surface area contributed by atoms with Crippen molar-refractivity contribution in [2.24, 2.45) is 0 Å². The molecular weight excluding hydrogens is 148 g/mol. The lowest BCUT2D eigenvalue weighted by molar-refractivity contribution is 0.199. The van der Waals surface area contributed by atoms with Gasteiger partial charge in [-0.1, -0.05) is 0 Å². The van der Waals surface area contributed by atoms with Gasteiger partial charge in [0.25, 0.3) is 0 Å². The van der Waals surface area contributed by atoms with Crippen molar-refractivity contribution in [3.05, 3.63) is 0 Å². The van der Waals surface area contributed by atoms with Crippen LogP contribution >= 0.6 is 11.8 Å². The highest BCUT2D eigenvalue weighted by Gasteiger charge is 2.33. The van der Waals surface area contributed by atoms with Crippen molar-refractivity contribution in [3.63, 3.8) is 0 Å². The summed E-state index contributed by atoms with van der Waals surface area (Å²) in [4.78, 5) is 2.32. The Bertz CT molecular complexity index is 91.0. The topological polar surface area (TPSA) is 12.0 Å². The zero-order valence-corrected chi connectivity index (χ0v) is 5.54. The highest BCUT2D eigenvalue weighted by molar-refractivity contribution is 6.13. The van der Waals surface area contributed by atoms with Gasteiger partial charge in [-0.15, -0.1) is 0 Å². The number of hydrogen-bond donors (Lipinski definition) is 1. The maximum absolute atomic E-state index is 12.3. The summed E-state index contributed by atoms with van der Waals surface area (Å²) >= 11 is 5.16. The van der Waals surface area contributed by atoms with Crippen LogP contribution < -0.4 is 4.84 Å². The van der Waals surface area contributed by atoms with Crippen molar-refractivity contribution in [2.45, 2.75) is 31.2 Å². The van der Waals surface area contributed by atoms with Crippen molar-refractivity contribution in [2.75, 3.05) is 0 Å². The molecule has 4 heteroatoms. The second-order valence-corrected chi connectivity index (χ2v) is 2.53. The molecule has 1 nitrogen and oxygen atoms in total. The third kappa shape index (κ3) is 1.52. The van der Waals surface area contributed by atoms with Gasteiger partial charge in [-0.3, -0.25) is 0 Å². The second kappa shape index (κ2) is 2.80. The first kappa shape index (κ1) is 7.22. The molecule has 0 aromatic rings. The van der Waals surface area contributed by atoms with Crippen LogP contribution in [-0.2, 0) is 0 Å². The van der Waals surface area contributed by atoms with Gasteiger partial charge in [-0.05, 0) is 24.6 Å². The van der Waals surface area contributed by atoms with Gasteiger partial charge in [0, 0.05) is 6.04 Å². The summed E-state index contributed by atoms with van der Waals surface area (Å²) in [6.45, 7) is 0. The average Bonchev–Trinajstić information content (AvgIpc) is 2.13. The van der Waals surface area contributed by atoms with Crippen LogP contribution in [0, 0.1) is 0 Å². The Morgan fingerprint density at radius 1 is 1.22 bits per heavy atom. The van der Waals surface area contributed by atoms with E-state index in [4.69, 9.17) is 11.8 Å². The van der Waals surface area contributed by atoms with Crippen LogP contribution in [-0.4, -0.2) is 18.4 Å². The summed E-state index contributed by atoms with van der Waals surface area (Å²) < 4.78 is 24.6. The Hall–Kier alpha value is 0.110. The third-order valence-corrected chi connectivity index (χ3v) is 1.87. The van der Waals surface area contributed by atoms with Crippen LogP contribution in [0.25, 0.3) is 0 Å². The van der Waals surface area contributed by atoms with Gasteiger partial charge in [0.1, 0.15) is 12.3 Å². The molecule has 1 rings (SSSR count). The molecule has 0 heterocycles. The van der Waals surface area contributed by atoms with Crippen molar-refractivity contribution < 1.29 is 8.78 Å². The normalized spacial score (nSPS) is 43.7.